The van der Waals surface area contributed by atoms with Crippen molar-refractivity contribution < 1.29 is 17.7 Å². The van der Waals surface area contributed by atoms with Crippen LogP contribution in [0.1, 0.15) is 0 Å². The molecule has 536 valence electrons. The first kappa shape index (κ1) is 66.9. The molecule has 0 aliphatic rings. The van der Waals surface area contributed by atoms with Crippen molar-refractivity contribution in [1.82, 2.24) is 0 Å². The standard InChI is InChI=1S/2C54H35NO2/c1-2-10-36(11-3-1)37-20-22-38(23-21-37)39-24-30-42(31-25-39)55(43-32-26-40(27-33-43)45-14-8-16-49-47-12-4-6-18-51(47)56-53(45)49)44-34-28-41(29-35-44)46-15-9-17-50-48-13-5-7-19-52(48)57-54(46)50;1-2-8-36(9-3-1)37-14-16-38(17-15-37)39-18-26-44(27-19-39)55(45-28-20-40(21-29-45)42-24-32-53-49(34-42)47-10-4-6-12-51(47)56-53)46-30-22-41(23-31-46)43-25-33-54-50(35-43)48-11-5-7-13-52(48)57-54/h2*1-35H. The third-order valence-electron chi connectivity index (χ3n) is 22.3. The summed E-state index contributed by atoms with van der Waals surface area (Å²) in [6.45, 7) is 0. The van der Waals surface area contributed by atoms with Crippen LogP contribution < -0.4 is 9.80 Å². The fraction of sp³-hybridized carbons (Fsp3) is 0. The number of nitrogens with zero attached hydrogens (tertiary/aromatic N) is 2. The fourth-order valence-corrected chi connectivity index (χ4v) is 16.4. The Balaban J connectivity index is 0.000000143. The van der Waals surface area contributed by atoms with Crippen molar-refractivity contribution in [2.45, 2.75) is 0 Å². The molecule has 0 saturated heterocycles. The Labute approximate surface area is 658 Å². The van der Waals surface area contributed by atoms with E-state index in [2.05, 4.69) is 386 Å². The summed E-state index contributed by atoms with van der Waals surface area (Å²) in [5.74, 6) is 0. The minimum Gasteiger partial charge on any atom is -0.456 e. The van der Waals surface area contributed by atoms with Crippen LogP contribution in [0.4, 0.5) is 34.1 Å². The molecule has 0 amide bonds. The third-order valence-corrected chi connectivity index (χ3v) is 22.3. The van der Waals surface area contributed by atoms with Gasteiger partial charge in [0.1, 0.15) is 44.7 Å². The number of anilines is 6. The van der Waals surface area contributed by atoms with Crippen LogP contribution in [0.3, 0.4) is 0 Å². The second-order valence-corrected chi connectivity index (χ2v) is 29.0. The van der Waals surface area contributed by atoms with E-state index >= 15 is 0 Å². The van der Waals surface area contributed by atoms with Gasteiger partial charge in [0.2, 0.25) is 0 Å². The van der Waals surface area contributed by atoms with Crippen molar-refractivity contribution >= 4 is 122 Å². The second kappa shape index (κ2) is 28.6. The van der Waals surface area contributed by atoms with Crippen molar-refractivity contribution in [2.75, 3.05) is 9.80 Å². The number of fused-ring (bicyclic) bond motifs is 12. The van der Waals surface area contributed by atoms with Gasteiger partial charge in [-0.25, -0.2) is 0 Å². The monoisotopic (exact) mass is 1460 g/mol. The largest absolute Gasteiger partial charge is 0.456 e. The summed E-state index contributed by atoms with van der Waals surface area (Å²) >= 11 is 0. The topological polar surface area (TPSA) is 59.0 Å². The Kier molecular flexibility index (Phi) is 16.8. The van der Waals surface area contributed by atoms with Crippen LogP contribution in [0.2, 0.25) is 0 Å². The number of para-hydroxylation sites is 6. The van der Waals surface area contributed by atoms with Crippen molar-refractivity contribution in [3.63, 3.8) is 0 Å². The van der Waals surface area contributed by atoms with Gasteiger partial charge in [0.05, 0.1) is 0 Å². The van der Waals surface area contributed by atoms with Crippen LogP contribution in [0.5, 0.6) is 0 Å². The van der Waals surface area contributed by atoms with E-state index in [1.165, 1.54) is 44.5 Å². The summed E-state index contributed by atoms with van der Waals surface area (Å²) in [5.41, 5.74) is 32.2. The highest BCUT2D eigenvalue weighted by Crippen LogP contribution is 2.45. The van der Waals surface area contributed by atoms with Gasteiger partial charge >= 0.3 is 0 Å². The predicted octanol–water partition coefficient (Wildman–Crippen LogP) is 31.2. The zero-order valence-corrected chi connectivity index (χ0v) is 61.9. The van der Waals surface area contributed by atoms with Gasteiger partial charge < -0.3 is 27.5 Å². The molecule has 18 aromatic carbocycles. The lowest BCUT2D eigenvalue weighted by molar-refractivity contribution is 0.668. The molecule has 4 aromatic heterocycles. The molecule has 6 nitrogen and oxygen atoms in total. The molecule has 114 heavy (non-hydrogen) atoms. The summed E-state index contributed by atoms with van der Waals surface area (Å²) in [5, 5.41) is 9.04. The average molecular weight is 1460 g/mol. The Morgan fingerprint density at radius 2 is 0.342 bits per heavy atom. The second-order valence-electron chi connectivity index (χ2n) is 29.0. The maximum atomic E-state index is 6.41. The van der Waals surface area contributed by atoms with Crippen molar-refractivity contribution in [3.8, 4) is 89.0 Å². The maximum Gasteiger partial charge on any atom is 0.143 e. The normalized spacial score (nSPS) is 11.5. The van der Waals surface area contributed by atoms with Gasteiger partial charge in [0.15, 0.2) is 0 Å². The van der Waals surface area contributed by atoms with E-state index in [4.69, 9.17) is 17.7 Å². The summed E-state index contributed by atoms with van der Waals surface area (Å²) in [4.78, 5) is 4.65. The van der Waals surface area contributed by atoms with Gasteiger partial charge in [-0.2, -0.15) is 0 Å². The molecule has 0 saturated carbocycles. The Morgan fingerprint density at radius 1 is 0.132 bits per heavy atom. The first-order valence-corrected chi connectivity index (χ1v) is 38.6. The average Bonchev–Trinajstić information content (AvgIpc) is 1.43. The molecule has 0 spiro atoms. The molecule has 22 aromatic rings. The number of furan rings is 4. The molecule has 0 aliphatic heterocycles. The highest BCUT2D eigenvalue weighted by molar-refractivity contribution is 6.12. The molecule has 0 atom stereocenters. The van der Waals surface area contributed by atoms with Gasteiger partial charge in [0, 0.05) is 88.3 Å². The zero-order chi connectivity index (χ0) is 75.4. The molecule has 22 rings (SSSR count). The van der Waals surface area contributed by atoms with E-state index in [1.54, 1.807) is 0 Å². The molecule has 6 heteroatoms. The number of hydrogen-bond donors (Lipinski definition) is 0. The highest BCUT2D eigenvalue weighted by atomic mass is 16.3. The quantitative estimate of drug-likeness (QED) is 0.108. The molecule has 0 fully saturated rings. The van der Waals surface area contributed by atoms with Gasteiger partial charge in [-0.05, 0) is 199 Å². The van der Waals surface area contributed by atoms with E-state index in [-0.39, 0.29) is 0 Å². The molecular formula is C108H70N2O4. The highest BCUT2D eigenvalue weighted by Gasteiger charge is 2.21. The minimum absolute atomic E-state index is 0.901. The molecule has 0 radical (unpaired) electrons. The number of hydrogen-bond acceptors (Lipinski definition) is 6. The Morgan fingerprint density at radius 3 is 0.649 bits per heavy atom. The summed E-state index contributed by atoms with van der Waals surface area (Å²) in [6, 6.07) is 150. The van der Waals surface area contributed by atoms with Crippen LogP contribution in [-0.2, 0) is 0 Å². The summed E-state index contributed by atoms with van der Waals surface area (Å²) < 4.78 is 25.0. The van der Waals surface area contributed by atoms with E-state index < -0.39 is 0 Å². The first-order valence-electron chi connectivity index (χ1n) is 38.6. The molecule has 0 bridgehead atoms. The minimum atomic E-state index is 0.901. The van der Waals surface area contributed by atoms with Crippen molar-refractivity contribution in [1.29, 1.82) is 0 Å². The van der Waals surface area contributed by atoms with Gasteiger partial charge in [-0.1, -0.05) is 303 Å². The van der Waals surface area contributed by atoms with Crippen LogP contribution in [0.15, 0.2) is 442 Å². The van der Waals surface area contributed by atoms with Gasteiger partial charge in [-0.15, -0.1) is 0 Å². The molecular weight excluding hydrogens is 1390 g/mol. The Bertz CT molecular complexity index is 6950. The molecule has 0 N–H and O–H groups in total. The molecule has 4 heterocycles. The fourth-order valence-electron chi connectivity index (χ4n) is 16.4. The van der Waals surface area contributed by atoms with E-state index in [0.29, 0.717) is 0 Å². The van der Waals surface area contributed by atoms with Crippen LogP contribution in [0, 0.1) is 0 Å². The van der Waals surface area contributed by atoms with E-state index in [0.717, 1.165) is 166 Å². The van der Waals surface area contributed by atoms with Gasteiger partial charge in [0.25, 0.3) is 0 Å². The lowest BCUT2D eigenvalue weighted by atomic mass is 9.99. The SMILES string of the molecule is c1ccc(-c2ccc(-c3ccc(N(c4ccc(-c5ccc6oc7ccccc7c6c5)cc4)c4ccc(-c5ccc6oc7ccccc7c6c5)cc4)cc3)cc2)cc1.c1ccc(-c2ccc(-c3ccc(N(c4ccc(-c5cccc6c5oc5ccccc56)cc4)c4ccc(-c5cccc6c5oc5ccccc56)cc4)cc3)cc2)cc1. The first-order chi connectivity index (χ1) is 56.5. The maximum absolute atomic E-state index is 6.41. The number of benzene rings is 18. The predicted molar refractivity (Wildman–Crippen MR) is 475 cm³/mol. The molecule has 0 unspecified atom stereocenters. The van der Waals surface area contributed by atoms with Crippen molar-refractivity contribution in [2.24, 2.45) is 0 Å². The van der Waals surface area contributed by atoms with Crippen molar-refractivity contribution in [3.05, 3.63) is 425 Å². The lowest BCUT2D eigenvalue weighted by Gasteiger charge is -2.26. The van der Waals surface area contributed by atoms with E-state index in [9.17, 15) is 0 Å². The van der Waals surface area contributed by atoms with E-state index in [1.807, 2.05) is 48.5 Å². The van der Waals surface area contributed by atoms with Crippen LogP contribution >= 0.6 is 0 Å². The smallest absolute Gasteiger partial charge is 0.143 e. The summed E-state index contributed by atoms with van der Waals surface area (Å²) in [6.07, 6.45) is 0. The molecule has 0 aliphatic carbocycles. The summed E-state index contributed by atoms with van der Waals surface area (Å²) in [7, 11) is 0. The van der Waals surface area contributed by atoms with Gasteiger partial charge in [-0.3, -0.25) is 0 Å². The zero-order valence-electron chi connectivity index (χ0n) is 61.9. The number of rotatable bonds is 14. The lowest BCUT2D eigenvalue weighted by Crippen LogP contribution is -2.09. The third kappa shape index (κ3) is 12.5. The van der Waals surface area contributed by atoms with Crippen LogP contribution in [-0.4, -0.2) is 0 Å². The Hall–Kier alpha value is -15.2. The van der Waals surface area contributed by atoms with Crippen LogP contribution in [0.25, 0.3) is 177 Å².